The second-order valence-electron chi connectivity index (χ2n) is 14.0. The van der Waals surface area contributed by atoms with E-state index in [0.29, 0.717) is 23.0 Å². The summed E-state index contributed by atoms with van der Waals surface area (Å²) < 4.78 is 20.2. The Labute approximate surface area is 305 Å². The fourth-order valence-corrected chi connectivity index (χ4v) is 9.21. The second-order valence-corrected chi connectivity index (χ2v) is 14.0. The molecule has 8 aromatic carbocycles. The third kappa shape index (κ3) is 3.79. The molecule has 0 atom stereocenters. The molecule has 12 rings (SSSR count). The van der Waals surface area contributed by atoms with Crippen LogP contribution < -0.4 is 14.4 Å². The molecule has 3 aliphatic rings. The Kier molecular flexibility index (Phi) is 5.67. The van der Waals surface area contributed by atoms with E-state index in [1.165, 1.54) is 38.9 Å². The van der Waals surface area contributed by atoms with Gasteiger partial charge in [0.25, 0.3) is 0 Å². The van der Waals surface area contributed by atoms with Gasteiger partial charge in [-0.3, -0.25) is 0 Å². The summed E-state index contributed by atoms with van der Waals surface area (Å²) in [6.45, 7) is 0. The third-order valence-corrected chi connectivity index (χ3v) is 11.3. The minimum absolute atomic E-state index is 0.459. The van der Waals surface area contributed by atoms with Crippen molar-refractivity contribution in [3.8, 4) is 45.3 Å². The zero-order chi connectivity index (χ0) is 34.7. The van der Waals surface area contributed by atoms with Crippen LogP contribution in [0.15, 0.2) is 180 Å². The molecule has 0 radical (unpaired) electrons. The van der Waals surface area contributed by atoms with Gasteiger partial charge in [0.15, 0.2) is 23.0 Å². The summed E-state index contributed by atoms with van der Waals surface area (Å²) in [4.78, 5) is 2.21. The van der Waals surface area contributed by atoms with Crippen LogP contribution in [0, 0.1) is 0 Å². The van der Waals surface area contributed by atoms with E-state index >= 15 is 0 Å². The monoisotopic (exact) mass is 679 g/mol. The van der Waals surface area contributed by atoms with Crippen LogP contribution >= 0.6 is 0 Å². The van der Waals surface area contributed by atoms with Gasteiger partial charge >= 0.3 is 0 Å². The van der Waals surface area contributed by atoms with Gasteiger partial charge in [0, 0.05) is 22.5 Å². The first-order valence-electron chi connectivity index (χ1n) is 18.0. The number of fused-ring (bicyclic) bond motifs is 15. The van der Waals surface area contributed by atoms with Crippen molar-refractivity contribution in [2.75, 3.05) is 4.90 Å². The smallest absolute Gasteiger partial charge is 0.194 e. The van der Waals surface area contributed by atoms with Crippen molar-refractivity contribution >= 4 is 39.0 Å². The van der Waals surface area contributed by atoms with Crippen LogP contribution in [0.2, 0.25) is 0 Å². The van der Waals surface area contributed by atoms with E-state index in [-0.39, 0.29) is 0 Å². The Morgan fingerprint density at radius 1 is 0.377 bits per heavy atom. The maximum atomic E-state index is 7.01. The van der Waals surface area contributed by atoms with E-state index in [1.807, 2.05) is 36.4 Å². The number of furan rings is 1. The molecule has 53 heavy (non-hydrogen) atoms. The molecule has 0 saturated carbocycles. The van der Waals surface area contributed by atoms with Crippen LogP contribution in [0.5, 0.6) is 23.0 Å². The van der Waals surface area contributed by atoms with Gasteiger partial charge in [0.1, 0.15) is 11.2 Å². The van der Waals surface area contributed by atoms with E-state index in [0.717, 1.165) is 44.6 Å². The highest BCUT2D eigenvalue weighted by atomic mass is 16.6. The lowest BCUT2D eigenvalue weighted by molar-refractivity contribution is 0.360. The quantitative estimate of drug-likeness (QED) is 0.186. The predicted molar refractivity (Wildman–Crippen MR) is 211 cm³/mol. The average molecular weight is 680 g/mol. The summed E-state index contributed by atoms with van der Waals surface area (Å²) in [6.07, 6.45) is 0. The number of rotatable bonds is 3. The molecule has 0 amide bonds. The molecule has 2 aliphatic carbocycles. The zero-order valence-corrected chi connectivity index (χ0v) is 28.4. The second kappa shape index (κ2) is 10.5. The lowest BCUT2D eigenvalue weighted by Gasteiger charge is -2.32. The van der Waals surface area contributed by atoms with Gasteiger partial charge in [0.05, 0.1) is 16.8 Å². The Hall–Kier alpha value is -7.04. The first-order valence-corrected chi connectivity index (χ1v) is 18.0. The van der Waals surface area contributed by atoms with E-state index in [2.05, 4.69) is 144 Å². The van der Waals surface area contributed by atoms with Crippen LogP contribution in [0.1, 0.15) is 22.3 Å². The van der Waals surface area contributed by atoms with Gasteiger partial charge in [0.2, 0.25) is 0 Å². The minimum Gasteiger partial charge on any atom is -0.456 e. The van der Waals surface area contributed by atoms with Crippen LogP contribution in [0.4, 0.5) is 17.1 Å². The van der Waals surface area contributed by atoms with E-state index in [1.54, 1.807) is 0 Å². The van der Waals surface area contributed by atoms with Crippen molar-refractivity contribution in [3.05, 3.63) is 198 Å². The molecule has 1 aromatic heterocycles. The zero-order valence-electron chi connectivity index (χ0n) is 28.4. The van der Waals surface area contributed by atoms with Crippen LogP contribution in [0.3, 0.4) is 0 Å². The number of para-hydroxylation sites is 3. The topological polar surface area (TPSA) is 34.8 Å². The number of nitrogens with zero attached hydrogens (tertiary/aromatic N) is 1. The molecule has 0 N–H and O–H groups in total. The van der Waals surface area contributed by atoms with Gasteiger partial charge in [-0.1, -0.05) is 115 Å². The minimum atomic E-state index is -0.459. The molecule has 0 fully saturated rings. The average Bonchev–Trinajstić information content (AvgIpc) is 3.83. The van der Waals surface area contributed by atoms with Crippen LogP contribution in [-0.4, -0.2) is 0 Å². The number of hydrogen-bond acceptors (Lipinski definition) is 4. The van der Waals surface area contributed by atoms with Gasteiger partial charge in [-0.25, -0.2) is 0 Å². The number of benzene rings is 8. The van der Waals surface area contributed by atoms with Crippen LogP contribution in [0.25, 0.3) is 44.2 Å². The van der Waals surface area contributed by atoms with Gasteiger partial charge in [-0.2, -0.15) is 0 Å². The maximum Gasteiger partial charge on any atom is 0.194 e. The molecule has 1 spiro atoms. The first kappa shape index (κ1) is 28.6. The van der Waals surface area contributed by atoms with Gasteiger partial charge in [-0.05, 0) is 99.1 Å². The largest absolute Gasteiger partial charge is 0.456 e. The highest BCUT2D eigenvalue weighted by Gasteiger charge is 2.52. The van der Waals surface area contributed by atoms with Crippen molar-refractivity contribution < 1.29 is 13.9 Å². The standard InChI is InChI=1S/C49H29NO3/c1-2-13-30(14-3-1)50(31-25-26-36-35-18-7-11-23-43(35)51-45(36)27-31)42-22-12-24-44-48(42)53-46-28-37-34-17-6-10-21-40(34)49(41(37)29-47(46)52-44)38-19-8-4-15-32(38)33-16-5-9-20-39(33)49/h1-29H. The number of hydrogen-bond donors (Lipinski definition) is 0. The van der Waals surface area contributed by atoms with Crippen molar-refractivity contribution in [2.45, 2.75) is 5.41 Å². The molecule has 0 bridgehead atoms. The fraction of sp³-hybridized carbons (Fsp3) is 0.0204. The van der Waals surface area contributed by atoms with Crippen molar-refractivity contribution in [2.24, 2.45) is 0 Å². The number of ether oxygens (including phenoxy) is 2. The molecule has 0 saturated heterocycles. The molecule has 2 heterocycles. The van der Waals surface area contributed by atoms with E-state index in [4.69, 9.17) is 13.9 Å². The third-order valence-electron chi connectivity index (χ3n) is 11.3. The summed E-state index contributed by atoms with van der Waals surface area (Å²) in [5, 5.41) is 2.19. The molecule has 4 heteroatoms. The van der Waals surface area contributed by atoms with Crippen molar-refractivity contribution in [3.63, 3.8) is 0 Å². The van der Waals surface area contributed by atoms with Gasteiger partial charge in [-0.15, -0.1) is 0 Å². The highest BCUT2D eigenvalue weighted by molar-refractivity contribution is 6.06. The summed E-state index contributed by atoms with van der Waals surface area (Å²) in [7, 11) is 0. The highest BCUT2D eigenvalue weighted by Crippen LogP contribution is 2.65. The molecule has 4 nitrogen and oxygen atoms in total. The van der Waals surface area contributed by atoms with Crippen molar-refractivity contribution in [1.82, 2.24) is 0 Å². The first-order chi connectivity index (χ1) is 26.3. The van der Waals surface area contributed by atoms with Crippen molar-refractivity contribution in [1.29, 1.82) is 0 Å². The molecule has 248 valence electrons. The Bertz CT molecular complexity index is 2930. The lowest BCUT2D eigenvalue weighted by atomic mass is 9.70. The molecule has 1 aliphatic heterocycles. The van der Waals surface area contributed by atoms with E-state index < -0.39 is 5.41 Å². The van der Waals surface area contributed by atoms with E-state index in [9.17, 15) is 0 Å². The van der Waals surface area contributed by atoms with Crippen LogP contribution in [-0.2, 0) is 5.41 Å². The number of anilines is 3. The molecule has 0 unspecified atom stereocenters. The lowest BCUT2D eigenvalue weighted by Crippen LogP contribution is -2.25. The predicted octanol–water partition coefficient (Wildman–Crippen LogP) is 13.3. The molecular weight excluding hydrogens is 651 g/mol. The summed E-state index contributed by atoms with van der Waals surface area (Å²) in [5.74, 6) is 2.72. The maximum absolute atomic E-state index is 7.01. The summed E-state index contributed by atoms with van der Waals surface area (Å²) in [6, 6.07) is 62.0. The normalized spacial score (nSPS) is 13.7. The fourth-order valence-electron chi connectivity index (χ4n) is 9.21. The molecular formula is C49H29NO3. The Morgan fingerprint density at radius 3 is 1.75 bits per heavy atom. The summed E-state index contributed by atoms with van der Waals surface area (Å²) in [5.41, 5.74) is 14.1. The Morgan fingerprint density at radius 2 is 1.00 bits per heavy atom. The summed E-state index contributed by atoms with van der Waals surface area (Å²) >= 11 is 0. The molecule has 9 aromatic rings. The van der Waals surface area contributed by atoms with Gasteiger partial charge < -0.3 is 18.8 Å². The SMILES string of the molecule is c1ccc(N(c2ccc3c(c2)oc2ccccc23)c2cccc3c2Oc2cc4c(cc2O3)C2(c3ccccc3-c3ccccc32)c2ccccc2-4)cc1. The Balaban J connectivity index is 1.04.